The van der Waals surface area contributed by atoms with Crippen LogP contribution >= 0.6 is 0 Å². The predicted octanol–water partition coefficient (Wildman–Crippen LogP) is 8.21. The Morgan fingerprint density at radius 1 is 1.02 bits per heavy atom. The van der Waals surface area contributed by atoms with E-state index in [0.29, 0.717) is 33.4 Å². The number of ketones is 1. The number of ether oxygens (including phenoxy) is 2. The Morgan fingerprint density at radius 3 is 2.49 bits per heavy atom. The van der Waals surface area contributed by atoms with Crippen LogP contribution in [0.25, 0.3) is 44.5 Å². The van der Waals surface area contributed by atoms with Gasteiger partial charge in [0.25, 0.3) is 0 Å². The molecule has 7 rings (SSSR count). The van der Waals surface area contributed by atoms with Gasteiger partial charge in [-0.1, -0.05) is 18.2 Å². The van der Waals surface area contributed by atoms with E-state index in [1.165, 1.54) is 26.0 Å². The van der Waals surface area contributed by atoms with Gasteiger partial charge in [0, 0.05) is 56.4 Å². The summed E-state index contributed by atoms with van der Waals surface area (Å²) in [5, 5.41) is 9.46. The first-order valence-electron chi connectivity index (χ1n) is 15.6. The second-order valence-electron chi connectivity index (χ2n) is 11.4. The van der Waals surface area contributed by atoms with Gasteiger partial charge in [-0.15, -0.1) is 23.8 Å². The number of hydrogen-bond acceptors (Lipinski definition) is 8. The van der Waals surface area contributed by atoms with Crippen LogP contribution in [0.2, 0.25) is 0 Å². The maximum Gasteiger partial charge on any atom is 0.182 e. The molecule has 10 heteroatoms. The van der Waals surface area contributed by atoms with Gasteiger partial charge in [-0.05, 0) is 104 Å². The van der Waals surface area contributed by atoms with Crippen LogP contribution < -0.4 is 20.3 Å². The van der Waals surface area contributed by atoms with Crippen LogP contribution in [-0.2, 0) is 31.3 Å². The summed E-state index contributed by atoms with van der Waals surface area (Å²) in [4.78, 5) is 41.6. The van der Waals surface area contributed by atoms with Crippen molar-refractivity contribution < 1.29 is 43.9 Å². The number of nitrogens with zero attached hydrogens (tertiary/aromatic N) is 1. The minimum absolute atomic E-state index is 0. The topological polar surface area (TPSA) is 132 Å². The molecule has 1 aliphatic heterocycles. The fourth-order valence-electron chi connectivity index (χ4n) is 5.16. The molecule has 0 aliphatic carbocycles. The van der Waals surface area contributed by atoms with Gasteiger partial charge in [-0.25, -0.2) is 0 Å². The van der Waals surface area contributed by atoms with Crippen LogP contribution in [0.15, 0.2) is 136 Å². The molecule has 261 valence electrons. The van der Waals surface area contributed by atoms with Gasteiger partial charge in [-0.2, -0.15) is 0 Å². The number of allylic oxidation sites excluding steroid dienone is 4. The van der Waals surface area contributed by atoms with Gasteiger partial charge in [0.1, 0.15) is 22.8 Å². The molecule has 4 heterocycles. The minimum Gasteiger partial charge on any atom is -0.512 e. The van der Waals surface area contributed by atoms with Gasteiger partial charge >= 0.3 is 0 Å². The standard InChI is InChI=1S/C20H14NO3.C16H13NO2.C5H8O2.Ir/c1-12-3-5-18-15(9-12)20(22)16-10-13(4-6-19(16)24-18)17-11-14(23-2)7-8-21-17;1-2-14-5-3-12-9-11(4-6-16(12)19-14)15-10-13(18)7-8-17-15;1-4(6)3-5(2)7;/h3,5-11H,1-2H3;2,4-10H,1,3H2,(H,17,18);3,6H,1-2H3;/q-1;;;. The summed E-state index contributed by atoms with van der Waals surface area (Å²) in [6.45, 7) is 8.50. The Labute approximate surface area is 308 Å². The van der Waals surface area contributed by atoms with Gasteiger partial charge in [0.05, 0.1) is 23.8 Å². The van der Waals surface area contributed by atoms with E-state index in [1.807, 2.05) is 55.5 Å². The number of aromatic amines is 1. The number of methoxy groups -OCH3 is 1. The van der Waals surface area contributed by atoms with Gasteiger partial charge in [0.15, 0.2) is 16.6 Å². The number of carbonyl (C=O) groups excluding carboxylic acids is 1. The molecule has 0 saturated heterocycles. The number of aliphatic hydroxyl groups is 1. The number of aromatic nitrogens is 2. The number of benzene rings is 3. The van der Waals surface area contributed by atoms with E-state index >= 15 is 0 Å². The zero-order valence-corrected chi connectivity index (χ0v) is 30.8. The van der Waals surface area contributed by atoms with Crippen molar-refractivity contribution in [1.82, 2.24) is 9.97 Å². The van der Waals surface area contributed by atoms with Crippen molar-refractivity contribution in [1.29, 1.82) is 0 Å². The van der Waals surface area contributed by atoms with Crippen molar-refractivity contribution in [3.8, 4) is 34.0 Å². The number of pyridine rings is 2. The fraction of sp³-hybridized carbons (Fsp3) is 0.122. The quantitative estimate of drug-likeness (QED) is 0.0768. The minimum atomic E-state index is -0.125. The molecular weight excluding hydrogens is 825 g/mol. The molecule has 0 amide bonds. The third kappa shape index (κ3) is 9.66. The Bertz CT molecular complexity index is 2400. The molecule has 0 fully saturated rings. The Balaban J connectivity index is 0.000000194. The largest absolute Gasteiger partial charge is 0.512 e. The number of carbonyl (C=O) groups is 1. The normalized spacial score (nSPS) is 11.7. The molecule has 6 aromatic rings. The fourth-order valence-corrected chi connectivity index (χ4v) is 5.16. The van der Waals surface area contributed by atoms with Gasteiger partial charge in [0.2, 0.25) is 0 Å². The Hall–Kier alpha value is -5.83. The summed E-state index contributed by atoms with van der Waals surface area (Å²) < 4.78 is 16.7. The molecule has 51 heavy (non-hydrogen) atoms. The van der Waals surface area contributed by atoms with E-state index in [-0.39, 0.29) is 42.5 Å². The second kappa shape index (κ2) is 17.2. The Morgan fingerprint density at radius 2 is 1.80 bits per heavy atom. The van der Waals surface area contributed by atoms with Crippen molar-refractivity contribution in [2.75, 3.05) is 7.11 Å². The maximum atomic E-state index is 12.8. The third-order valence-electron chi connectivity index (χ3n) is 7.51. The van der Waals surface area contributed by atoms with Gasteiger partial charge in [-0.3, -0.25) is 14.4 Å². The third-order valence-corrected chi connectivity index (χ3v) is 7.51. The number of rotatable bonds is 5. The first-order valence-corrected chi connectivity index (χ1v) is 15.6. The molecule has 1 radical (unpaired) electrons. The van der Waals surface area contributed by atoms with E-state index in [0.717, 1.165) is 45.9 Å². The van der Waals surface area contributed by atoms with Crippen LogP contribution in [-0.4, -0.2) is 28.0 Å². The average Bonchev–Trinajstić information content (AvgIpc) is 3.11. The average molecular weight is 860 g/mol. The van der Waals surface area contributed by atoms with E-state index in [4.69, 9.17) is 19.0 Å². The molecule has 0 spiro atoms. The first kappa shape index (κ1) is 38.0. The van der Waals surface area contributed by atoms with E-state index < -0.39 is 0 Å². The second-order valence-corrected chi connectivity index (χ2v) is 11.4. The first-order chi connectivity index (χ1) is 24.0. The monoisotopic (exact) mass is 860 g/mol. The smallest absolute Gasteiger partial charge is 0.182 e. The zero-order valence-electron chi connectivity index (χ0n) is 28.4. The number of H-pyrrole nitrogens is 1. The number of aliphatic hydroxyl groups excluding tert-OH is 1. The number of hydrogen-bond donors (Lipinski definition) is 2. The summed E-state index contributed by atoms with van der Waals surface area (Å²) in [6.07, 6.45) is 8.99. The summed E-state index contributed by atoms with van der Waals surface area (Å²) in [5.41, 5.74) is 6.38. The molecule has 0 bridgehead atoms. The molecule has 9 nitrogen and oxygen atoms in total. The number of fused-ring (bicyclic) bond motifs is 3. The molecule has 1 aliphatic rings. The molecule has 3 aromatic carbocycles. The van der Waals surface area contributed by atoms with Gasteiger partial charge < -0.3 is 29.0 Å². The van der Waals surface area contributed by atoms with Crippen molar-refractivity contribution in [2.45, 2.75) is 27.2 Å². The Kier molecular flexibility index (Phi) is 12.8. The van der Waals surface area contributed by atoms with E-state index in [9.17, 15) is 14.4 Å². The molecule has 0 atom stereocenters. The van der Waals surface area contributed by atoms with E-state index in [2.05, 4.69) is 22.6 Å². The molecule has 0 saturated carbocycles. The maximum absolute atomic E-state index is 12.8. The molecular formula is C41H35IrN2O7-. The van der Waals surface area contributed by atoms with E-state index in [1.54, 1.807) is 49.8 Å². The van der Waals surface area contributed by atoms with Crippen molar-refractivity contribution >= 4 is 27.7 Å². The molecule has 3 aromatic heterocycles. The van der Waals surface area contributed by atoms with Crippen LogP contribution in [0, 0.1) is 13.0 Å². The number of aryl methyl sites for hydroxylation is 1. The van der Waals surface area contributed by atoms with Crippen molar-refractivity contribution in [2.24, 2.45) is 0 Å². The van der Waals surface area contributed by atoms with Crippen LogP contribution in [0.3, 0.4) is 0 Å². The molecule has 2 N–H and O–H groups in total. The van der Waals surface area contributed by atoms with Crippen molar-refractivity contribution in [3.63, 3.8) is 0 Å². The predicted molar refractivity (Wildman–Crippen MR) is 196 cm³/mol. The zero-order chi connectivity index (χ0) is 35.8. The van der Waals surface area contributed by atoms with Crippen LogP contribution in [0.1, 0.15) is 25.0 Å². The SMILES string of the molecule is C=CC1=CCc2cc(-c3cc(=O)cc[nH]3)ccc2O1.CC(=O)C=C(C)O.COc1ccnc(-c2[c-]cc3oc4ccc(C)cc4c(=O)c3c2)c1.[Ir]. The van der Waals surface area contributed by atoms with Crippen LogP contribution in [0.4, 0.5) is 0 Å². The summed E-state index contributed by atoms with van der Waals surface area (Å²) in [7, 11) is 1.60. The number of nitrogens with one attached hydrogen (secondary N) is 1. The van der Waals surface area contributed by atoms with Crippen molar-refractivity contribution in [3.05, 3.63) is 159 Å². The summed E-state index contributed by atoms with van der Waals surface area (Å²) in [6, 6.07) is 24.8. The summed E-state index contributed by atoms with van der Waals surface area (Å²) >= 11 is 0. The van der Waals surface area contributed by atoms with Crippen LogP contribution in [0.5, 0.6) is 11.5 Å². The summed E-state index contributed by atoms with van der Waals surface area (Å²) in [5.74, 6) is 2.27. The molecule has 0 unspecified atom stereocenters.